The Hall–Kier alpha value is -2.08. The molecule has 6 nitrogen and oxygen atoms in total. The molecule has 0 aliphatic rings. The maximum atomic E-state index is 12.1. The first-order chi connectivity index (χ1) is 8.76. The fraction of sp³-hybridized carbons (Fsp3) is 0.385. The minimum Gasteiger partial charge on any atom is -0.325 e. The Kier molecular flexibility index (Phi) is 3.20. The van der Waals surface area contributed by atoms with Gasteiger partial charge in [0.25, 0.3) is 0 Å². The van der Waals surface area contributed by atoms with E-state index in [9.17, 15) is 9.59 Å². The van der Waals surface area contributed by atoms with Crippen molar-refractivity contribution in [3.63, 3.8) is 0 Å². The van der Waals surface area contributed by atoms with Gasteiger partial charge in [0.15, 0.2) is 0 Å². The molecule has 6 heteroatoms. The van der Waals surface area contributed by atoms with Crippen molar-refractivity contribution in [3.8, 4) is 0 Å². The van der Waals surface area contributed by atoms with E-state index in [-0.39, 0.29) is 18.0 Å². The zero-order valence-electron chi connectivity index (χ0n) is 11.3. The lowest BCUT2D eigenvalue weighted by Gasteiger charge is -2.23. The quantitative estimate of drug-likeness (QED) is 0.768. The smallest absolute Gasteiger partial charge is 0.323 e. The summed E-state index contributed by atoms with van der Waals surface area (Å²) in [6.07, 6.45) is 0.255. The van der Waals surface area contributed by atoms with E-state index in [0.29, 0.717) is 11.0 Å². The van der Waals surface area contributed by atoms with E-state index < -0.39 is 5.54 Å². The van der Waals surface area contributed by atoms with Crippen LogP contribution in [0.3, 0.4) is 0 Å². The third-order valence-corrected chi connectivity index (χ3v) is 2.87. The summed E-state index contributed by atoms with van der Waals surface area (Å²) in [5.41, 5.74) is 7.15. The third-order valence-electron chi connectivity index (χ3n) is 2.87. The molecule has 0 radical (unpaired) electrons. The van der Waals surface area contributed by atoms with E-state index in [0.717, 1.165) is 5.69 Å². The van der Waals surface area contributed by atoms with Gasteiger partial charge in [-0.05, 0) is 32.0 Å². The highest BCUT2D eigenvalue weighted by molar-refractivity contribution is 5.95. The topological polar surface area (TPSA) is 95.0 Å². The Morgan fingerprint density at radius 2 is 1.95 bits per heavy atom. The molecule has 0 aliphatic carbocycles. The van der Waals surface area contributed by atoms with Crippen LogP contribution in [-0.2, 0) is 4.79 Å². The first-order valence-corrected chi connectivity index (χ1v) is 6.04. The summed E-state index contributed by atoms with van der Waals surface area (Å²) < 4.78 is 0. The van der Waals surface area contributed by atoms with Gasteiger partial charge >= 0.3 is 5.69 Å². The Morgan fingerprint density at radius 1 is 1.32 bits per heavy atom. The number of carbonyl (C=O) groups excluding carboxylic acids is 1. The minimum atomic E-state index is -0.544. The number of amides is 1. The summed E-state index contributed by atoms with van der Waals surface area (Å²) in [6.45, 7) is 3.62. The highest BCUT2D eigenvalue weighted by Crippen LogP contribution is 2.19. The highest BCUT2D eigenvalue weighted by Gasteiger charge is 2.20. The van der Waals surface area contributed by atoms with Crippen LogP contribution in [0.5, 0.6) is 0 Å². The largest absolute Gasteiger partial charge is 0.325 e. The Bertz CT molecular complexity index is 663. The number of nitrogens with one attached hydrogen (secondary N) is 2. The number of nitrogens with two attached hydrogens (primary N) is 1. The van der Waals surface area contributed by atoms with Gasteiger partial charge in [0.2, 0.25) is 5.91 Å². The maximum absolute atomic E-state index is 12.1. The molecule has 0 fully saturated rings. The van der Waals surface area contributed by atoms with E-state index in [1.807, 2.05) is 13.8 Å². The molecule has 1 heterocycles. The molecule has 0 atom stereocenters. The Labute approximate surface area is 110 Å². The Balaban J connectivity index is 2.28. The van der Waals surface area contributed by atoms with Gasteiger partial charge in [-0.1, -0.05) is 0 Å². The summed E-state index contributed by atoms with van der Waals surface area (Å²) in [4.78, 5) is 30.1. The number of anilines is 1. The van der Waals surface area contributed by atoms with Gasteiger partial charge in [-0.25, -0.2) is 4.79 Å². The van der Waals surface area contributed by atoms with Crippen LogP contribution in [0.25, 0.3) is 11.0 Å². The average Bonchev–Trinajstić information content (AvgIpc) is 2.64. The van der Waals surface area contributed by atoms with Gasteiger partial charge in [-0.2, -0.15) is 0 Å². The number of hydrogen-bond acceptors (Lipinski definition) is 3. The zero-order valence-corrected chi connectivity index (χ0v) is 11.3. The van der Waals surface area contributed by atoms with E-state index in [1.54, 1.807) is 30.1 Å². The monoisotopic (exact) mass is 262 g/mol. The van der Waals surface area contributed by atoms with Crippen LogP contribution in [0.4, 0.5) is 5.69 Å². The van der Waals surface area contributed by atoms with Gasteiger partial charge in [0.1, 0.15) is 0 Å². The highest BCUT2D eigenvalue weighted by atomic mass is 16.2. The van der Waals surface area contributed by atoms with Gasteiger partial charge in [0, 0.05) is 24.7 Å². The first kappa shape index (κ1) is 13.4. The van der Waals surface area contributed by atoms with Crippen LogP contribution in [0, 0.1) is 0 Å². The number of aromatic nitrogens is 2. The molecule has 102 valence electrons. The van der Waals surface area contributed by atoms with Crippen LogP contribution >= 0.6 is 0 Å². The lowest BCUT2D eigenvalue weighted by atomic mass is 10.0. The summed E-state index contributed by atoms with van der Waals surface area (Å²) in [6, 6.07) is 5.31. The predicted octanol–water partition coefficient (Wildman–Crippen LogP) is 0.946. The van der Waals surface area contributed by atoms with Crippen molar-refractivity contribution in [3.05, 3.63) is 28.7 Å². The number of nitrogens with zero attached hydrogens (tertiary/aromatic N) is 1. The number of hydrogen-bond donors (Lipinski definition) is 3. The summed E-state index contributed by atoms with van der Waals surface area (Å²) in [7, 11) is 1.69. The van der Waals surface area contributed by atoms with E-state index in [4.69, 9.17) is 5.73 Å². The molecule has 4 N–H and O–H groups in total. The molecule has 1 amide bonds. The van der Waals surface area contributed by atoms with Crippen molar-refractivity contribution in [1.82, 2.24) is 9.97 Å². The van der Waals surface area contributed by atoms with Crippen LogP contribution in [0.2, 0.25) is 0 Å². The molecule has 0 saturated heterocycles. The molecule has 2 aromatic rings. The molecule has 1 aromatic carbocycles. The minimum absolute atomic E-state index is 0.0651. The fourth-order valence-corrected chi connectivity index (χ4v) is 1.88. The third kappa shape index (κ3) is 3.03. The Morgan fingerprint density at radius 3 is 2.58 bits per heavy atom. The number of carbonyl (C=O) groups is 1. The summed E-state index contributed by atoms with van der Waals surface area (Å²) >= 11 is 0. The van der Waals surface area contributed by atoms with Crippen molar-refractivity contribution < 1.29 is 4.79 Å². The number of aromatic amines is 2. The van der Waals surface area contributed by atoms with Crippen LogP contribution in [0.1, 0.15) is 20.3 Å². The molecule has 0 unspecified atom stereocenters. The lowest BCUT2D eigenvalue weighted by Crippen LogP contribution is -2.39. The molecule has 19 heavy (non-hydrogen) atoms. The first-order valence-electron chi connectivity index (χ1n) is 6.04. The molecular weight excluding hydrogens is 244 g/mol. The number of fused-ring (bicyclic) bond motifs is 1. The average molecular weight is 262 g/mol. The van der Waals surface area contributed by atoms with Crippen molar-refractivity contribution in [1.29, 1.82) is 0 Å². The van der Waals surface area contributed by atoms with Crippen LogP contribution in [0.15, 0.2) is 23.0 Å². The van der Waals surface area contributed by atoms with Crippen molar-refractivity contribution in [2.24, 2.45) is 5.73 Å². The molecule has 2 rings (SSSR count). The van der Waals surface area contributed by atoms with E-state index in [1.165, 1.54) is 0 Å². The van der Waals surface area contributed by atoms with Gasteiger partial charge in [-0.15, -0.1) is 0 Å². The molecule has 0 aliphatic heterocycles. The number of rotatable bonds is 3. The zero-order chi connectivity index (χ0) is 14.2. The molecular formula is C13H18N4O2. The second-order valence-corrected chi connectivity index (χ2v) is 5.43. The summed E-state index contributed by atoms with van der Waals surface area (Å²) in [5.74, 6) is -0.0651. The number of H-pyrrole nitrogens is 2. The van der Waals surface area contributed by atoms with E-state index in [2.05, 4.69) is 9.97 Å². The van der Waals surface area contributed by atoms with Crippen LogP contribution < -0.4 is 16.3 Å². The number of imidazole rings is 1. The van der Waals surface area contributed by atoms with Gasteiger partial charge < -0.3 is 20.6 Å². The molecule has 0 spiro atoms. The molecule has 1 aromatic heterocycles. The van der Waals surface area contributed by atoms with Crippen molar-refractivity contribution in [2.75, 3.05) is 11.9 Å². The second kappa shape index (κ2) is 4.55. The van der Waals surface area contributed by atoms with Crippen molar-refractivity contribution >= 4 is 22.6 Å². The lowest BCUT2D eigenvalue weighted by molar-refractivity contribution is -0.119. The number of benzene rings is 1. The van der Waals surface area contributed by atoms with Gasteiger partial charge in [-0.3, -0.25) is 4.79 Å². The normalized spacial score (nSPS) is 11.8. The maximum Gasteiger partial charge on any atom is 0.323 e. The SMILES string of the molecule is CN(C(=O)CC(C)(C)N)c1ccc2[nH]c(=O)[nH]c2c1. The summed E-state index contributed by atoms with van der Waals surface area (Å²) in [5, 5.41) is 0. The van der Waals surface area contributed by atoms with Gasteiger partial charge in [0.05, 0.1) is 11.0 Å². The van der Waals surface area contributed by atoms with E-state index >= 15 is 0 Å². The van der Waals surface area contributed by atoms with Crippen molar-refractivity contribution in [2.45, 2.75) is 25.8 Å². The standard InChI is InChI=1S/C13H18N4O2/c1-13(2,14)7-11(18)17(3)8-4-5-9-10(6-8)16-12(19)15-9/h4-6H,7,14H2,1-3H3,(H2,15,16,19). The second-order valence-electron chi connectivity index (χ2n) is 5.43. The predicted molar refractivity (Wildman–Crippen MR) is 75.2 cm³/mol. The molecule has 0 bridgehead atoms. The fourth-order valence-electron chi connectivity index (χ4n) is 1.88. The molecule has 0 saturated carbocycles. The van der Waals surface area contributed by atoms with Crippen LogP contribution in [-0.4, -0.2) is 28.5 Å².